The highest BCUT2D eigenvalue weighted by Crippen LogP contribution is 2.23. The van der Waals surface area contributed by atoms with Crippen LogP contribution in [0, 0.1) is 5.92 Å². The summed E-state index contributed by atoms with van der Waals surface area (Å²) in [6, 6.07) is 0.0168. The second-order valence-electron chi connectivity index (χ2n) is 6.63. The van der Waals surface area contributed by atoms with Gasteiger partial charge in [0.15, 0.2) is 0 Å². The lowest BCUT2D eigenvalue weighted by Crippen LogP contribution is -2.44. The molecule has 6 heteroatoms. The SMILES string of the molecule is CC1CCC(NS(=O)(=O)CC(=O)N2CCCCCC2)CC1. The molecule has 1 heterocycles. The highest BCUT2D eigenvalue weighted by Gasteiger charge is 2.26. The molecule has 2 aliphatic rings. The fourth-order valence-electron chi connectivity index (χ4n) is 3.25. The van der Waals surface area contributed by atoms with Crippen LogP contribution in [0.3, 0.4) is 0 Å². The molecule has 5 nitrogen and oxygen atoms in total. The Hall–Kier alpha value is -0.620. The summed E-state index contributed by atoms with van der Waals surface area (Å²) in [5.41, 5.74) is 0. The van der Waals surface area contributed by atoms with Crippen molar-refractivity contribution in [2.24, 2.45) is 5.92 Å². The number of amides is 1. The zero-order chi connectivity index (χ0) is 15.3. The van der Waals surface area contributed by atoms with Crippen molar-refractivity contribution in [1.82, 2.24) is 9.62 Å². The van der Waals surface area contributed by atoms with Crippen LogP contribution in [0.5, 0.6) is 0 Å². The molecule has 0 aromatic carbocycles. The maximum atomic E-state index is 12.2. The minimum atomic E-state index is -3.50. The van der Waals surface area contributed by atoms with E-state index in [0.29, 0.717) is 19.0 Å². The van der Waals surface area contributed by atoms with Crippen LogP contribution in [0.2, 0.25) is 0 Å². The van der Waals surface area contributed by atoms with E-state index in [1.807, 2.05) is 0 Å². The number of sulfonamides is 1. The van der Waals surface area contributed by atoms with Gasteiger partial charge >= 0.3 is 0 Å². The summed E-state index contributed by atoms with van der Waals surface area (Å²) in [5, 5.41) is 0. The number of hydrogen-bond acceptors (Lipinski definition) is 3. The second kappa shape index (κ2) is 7.58. The number of carbonyl (C=O) groups excluding carboxylic acids is 1. The molecular formula is C15H28N2O3S. The third-order valence-corrected chi connectivity index (χ3v) is 5.95. The molecule has 21 heavy (non-hydrogen) atoms. The first-order valence-electron chi connectivity index (χ1n) is 8.24. The van der Waals surface area contributed by atoms with E-state index in [0.717, 1.165) is 51.4 Å². The molecule has 0 atom stereocenters. The summed E-state index contributed by atoms with van der Waals surface area (Å²) in [5.74, 6) is 0.0528. The summed E-state index contributed by atoms with van der Waals surface area (Å²) < 4.78 is 27.0. The number of rotatable bonds is 4. The van der Waals surface area contributed by atoms with Gasteiger partial charge in [0.2, 0.25) is 15.9 Å². The van der Waals surface area contributed by atoms with Gasteiger partial charge in [-0.25, -0.2) is 13.1 Å². The average Bonchev–Trinajstić information content (AvgIpc) is 2.69. The van der Waals surface area contributed by atoms with Crippen LogP contribution in [0.4, 0.5) is 0 Å². The summed E-state index contributed by atoms with van der Waals surface area (Å²) in [6.45, 7) is 3.61. The zero-order valence-corrected chi connectivity index (χ0v) is 13.8. The second-order valence-corrected chi connectivity index (χ2v) is 8.38. The Labute approximate surface area is 128 Å². The topological polar surface area (TPSA) is 66.5 Å². The highest BCUT2D eigenvalue weighted by atomic mass is 32.2. The van der Waals surface area contributed by atoms with Crippen molar-refractivity contribution < 1.29 is 13.2 Å². The van der Waals surface area contributed by atoms with E-state index < -0.39 is 10.0 Å². The third kappa shape index (κ3) is 5.58. The van der Waals surface area contributed by atoms with Crippen LogP contribution < -0.4 is 4.72 Å². The molecule has 1 aliphatic heterocycles. The fourth-order valence-corrected chi connectivity index (χ4v) is 4.58. The van der Waals surface area contributed by atoms with Crippen LogP contribution in [0.25, 0.3) is 0 Å². The highest BCUT2D eigenvalue weighted by molar-refractivity contribution is 7.90. The number of nitrogens with one attached hydrogen (secondary N) is 1. The number of likely N-dealkylation sites (tertiary alicyclic amines) is 1. The predicted octanol–water partition coefficient (Wildman–Crippen LogP) is 1.89. The molecular weight excluding hydrogens is 288 g/mol. The van der Waals surface area contributed by atoms with Gasteiger partial charge in [-0.3, -0.25) is 4.79 Å². The Kier molecular flexibility index (Phi) is 6.05. The van der Waals surface area contributed by atoms with E-state index in [-0.39, 0.29) is 17.7 Å². The zero-order valence-electron chi connectivity index (χ0n) is 13.0. The van der Waals surface area contributed by atoms with Gasteiger partial charge < -0.3 is 4.90 Å². The third-order valence-electron chi connectivity index (χ3n) is 4.63. The normalized spacial score (nSPS) is 28.1. The van der Waals surface area contributed by atoms with Gasteiger partial charge in [0.05, 0.1) is 0 Å². The molecule has 2 rings (SSSR count). The van der Waals surface area contributed by atoms with Crippen LogP contribution in [0.15, 0.2) is 0 Å². The fraction of sp³-hybridized carbons (Fsp3) is 0.933. The smallest absolute Gasteiger partial charge is 0.239 e. The Morgan fingerprint density at radius 2 is 1.62 bits per heavy atom. The van der Waals surface area contributed by atoms with Gasteiger partial charge in [-0.05, 0) is 44.4 Å². The van der Waals surface area contributed by atoms with Crippen molar-refractivity contribution in [2.75, 3.05) is 18.8 Å². The standard InChI is InChI=1S/C15H28N2O3S/c1-13-6-8-14(9-7-13)16-21(19,20)12-15(18)17-10-4-2-3-5-11-17/h13-14,16H,2-12H2,1H3. The Morgan fingerprint density at radius 3 is 2.19 bits per heavy atom. The van der Waals surface area contributed by atoms with E-state index >= 15 is 0 Å². The van der Waals surface area contributed by atoms with Gasteiger partial charge in [0.1, 0.15) is 5.75 Å². The number of carbonyl (C=O) groups is 1. The molecule has 0 aromatic heterocycles. The van der Waals surface area contributed by atoms with Gasteiger partial charge in [0, 0.05) is 19.1 Å². The first-order valence-corrected chi connectivity index (χ1v) is 9.89. The summed E-state index contributed by atoms with van der Waals surface area (Å²) >= 11 is 0. The van der Waals surface area contributed by atoms with Gasteiger partial charge in [-0.15, -0.1) is 0 Å². The lowest BCUT2D eigenvalue weighted by atomic mass is 9.88. The molecule has 0 aromatic rings. The molecule has 1 amide bonds. The summed E-state index contributed by atoms with van der Waals surface area (Å²) in [7, 11) is -3.50. The minimum absolute atomic E-state index is 0.0168. The van der Waals surface area contributed by atoms with E-state index in [9.17, 15) is 13.2 Å². The van der Waals surface area contributed by atoms with Gasteiger partial charge in [-0.1, -0.05) is 19.8 Å². The quantitative estimate of drug-likeness (QED) is 0.861. The van der Waals surface area contributed by atoms with Crippen molar-refractivity contribution in [3.8, 4) is 0 Å². The summed E-state index contributed by atoms with van der Waals surface area (Å²) in [4.78, 5) is 13.9. The molecule has 0 spiro atoms. The Morgan fingerprint density at radius 1 is 1.05 bits per heavy atom. The van der Waals surface area contributed by atoms with Crippen molar-refractivity contribution in [1.29, 1.82) is 0 Å². The first-order chi connectivity index (χ1) is 9.96. The van der Waals surface area contributed by atoms with Crippen LogP contribution >= 0.6 is 0 Å². The lowest BCUT2D eigenvalue weighted by Gasteiger charge is -2.27. The van der Waals surface area contributed by atoms with E-state index in [2.05, 4.69) is 11.6 Å². The van der Waals surface area contributed by atoms with Gasteiger partial charge in [-0.2, -0.15) is 0 Å². The molecule has 2 fully saturated rings. The monoisotopic (exact) mass is 316 g/mol. The molecule has 0 unspecified atom stereocenters. The molecule has 0 bridgehead atoms. The Balaban J connectivity index is 1.83. The number of hydrogen-bond donors (Lipinski definition) is 1. The molecule has 1 saturated carbocycles. The van der Waals surface area contributed by atoms with Crippen LogP contribution in [-0.4, -0.2) is 44.1 Å². The molecule has 1 saturated heterocycles. The molecule has 1 N–H and O–H groups in total. The van der Waals surface area contributed by atoms with Crippen molar-refractivity contribution in [2.45, 2.75) is 64.3 Å². The Bertz CT molecular complexity index is 434. The van der Waals surface area contributed by atoms with Crippen molar-refractivity contribution >= 4 is 15.9 Å². The maximum absolute atomic E-state index is 12.2. The molecule has 1 aliphatic carbocycles. The first kappa shape index (κ1) is 16.7. The lowest BCUT2D eigenvalue weighted by molar-refractivity contribution is -0.128. The average molecular weight is 316 g/mol. The summed E-state index contributed by atoms with van der Waals surface area (Å²) in [6.07, 6.45) is 8.14. The predicted molar refractivity (Wildman–Crippen MR) is 83.4 cm³/mol. The van der Waals surface area contributed by atoms with Crippen LogP contribution in [-0.2, 0) is 14.8 Å². The van der Waals surface area contributed by atoms with E-state index in [4.69, 9.17) is 0 Å². The number of nitrogens with zero attached hydrogens (tertiary/aromatic N) is 1. The minimum Gasteiger partial charge on any atom is -0.342 e. The molecule has 122 valence electrons. The van der Waals surface area contributed by atoms with E-state index in [1.165, 1.54) is 0 Å². The largest absolute Gasteiger partial charge is 0.342 e. The van der Waals surface area contributed by atoms with Crippen LogP contribution in [0.1, 0.15) is 58.3 Å². The van der Waals surface area contributed by atoms with Crippen molar-refractivity contribution in [3.05, 3.63) is 0 Å². The maximum Gasteiger partial charge on any atom is 0.239 e. The van der Waals surface area contributed by atoms with Crippen molar-refractivity contribution in [3.63, 3.8) is 0 Å². The van der Waals surface area contributed by atoms with E-state index in [1.54, 1.807) is 4.90 Å². The van der Waals surface area contributed by atoms with Gasteiger partial charge in [0.25, 0.3) is 0 Å². The molecule has 0 radical (unpaired) electrons.